The minimum absolute atomic E-state index is 0.0116. The fourth-order valence-electron chi connectivity index (χ4n) is 1.67. The molecule has 0 aliphatic heterocycles. The molecule has 0 amide bonds. The summed E-state index contributed by atoms with van der Waals surface area (Å²) in [6.07, 6.45) is 0. The van der Waals surface area contributed by atoms with Crippen LogP contribution in [-0.2, 0) is 5.88 Å². The van der Waals surface area contributed by atoms with Gasteiger partial charge in [-0.2, -0.15) is 8.78 Å². The van der Waals surface area contributed by atoms with Gasteiger partial charge in [0.15, 0.2) is 5.88 Å². The molecule has 0 spiro atoms. The summed E-state index contributed by atoms with van der Waals surface area (Å²) in [5.41, 5.74) is 0.764. The number of rotatable bonds is 4. The van der Waals surface area contributed by atoms with Crippen molar-refractivity contribution in [2.45, 2.75) is 12.5 Å². The van der Waals surface area contributed by atoms with Crippen molar-refractivity contribution in [1.29, 1.82) is 0 Å². The van der Waals surface area contributed by atoms with Crippen LogP contribution in [0.5, 0.6) is 17.5 Å². The third kappa shape index (κ3) is 2.73. The summed E-state index contributed by atoms with van der Waals surface area (Å²) in [6.45, 7) is -2.90. The van der Waals surface area contributed by atoms with Gasteiger partial charge in [0, 0.05) is 11.6 Å². The van der Waals surface area contributed by atoms with E-state index in [1.807, 2.05) is 0 Å². The molecule has 0 saturated heterocycles. The van der Waals surface area contributed by atoms with Crippen molar-refractivity contribution < 1.29 is 23.7 Å². The molecule has 2 aromatic rings. The van der Waals surface area contributed by atoms with E-state index < -0.39 is 6.61 Å². The van der Waals surface area contributed by atoms with Crippen LogP contribution in [0.3, 0.4) is 0 Å². The van der Waals surface area contributed by atoms with Crippen LogP contribution >= 0.6 is 11.6 Å². The number of nitrogens with zero attached hydrogens (tertiary/aromatic N) is 1. The molecule has 1 heterocycles. The molecule has 2 N–H and O–H groups in total. The standard InChI is InChI=1S/C12H10ClF2NO3/c13-6-7-5-10(17)16(11(7)18)8-1-3-9(4-2-8)19-12(14)15/h1-5,12,17-18H,6H2. The molecule has 1 aromatic carbocycles. The third-order valence-electron chi connectivity index (χ3n) is 2.50. The molecule has 1 aromatic heterocycles. The second-order valence-corrected chi connectivity index (χ2v) is 3.96. The summed E-state index contributed by atoms with van der Waals surface area (Å²) in [7, 11) is 0. The first-order chi connectivity index (χ1) is 9.02. The molecule has 7 heteroatoms. The van der Waals surface area contributed by atoms with Crippen LogP contribution < -0.4 is 4.74 Å². The predicted molar refractivity (Wildman–Crippen MR) is 65.3 cm³/mol. The van der Waals surface area contributed by atoms with Crippen LogP contribution in [0, 0.1) is 0 Å². The van der Waals surface area contributed by atoms with E-state index in [1.165, 1.54) is 30.3 Å². The van der Waals surface area contributed by atoms with Crippen LogP contribution in [0.2, 0.25) is 0 Å². The second-order valence-electron chi connectivity index (χ2n) is 3.69. The summed E-state index contributed by atoms with van der Waals surface area (Å²) < 4.78 is 29.3. The van der Waals surface area contributed by atoms with E-state index in [4.69, 9.17) is 11.6 Å². The first-order valence-electron chi connectivity index (χ1n) is 5.26. The summed E-state index contributed by atoms with van der Waals surface area (Å²) in [4.78, 5) is 0. The van der Waals surface area contributed by atoms with Crippen molar-refractivity contribution in [2.24, 2.45) is 0 Å². The van der Waals surface area contributed by atoms with E-state index in [0.29, 0.717) is 11.3 Å². The Morgan fingerprint density at radius 2 is 1.84 bits per heavy atom. The van der Waals surface area contributed by atoms with Gasteiger partial charge in [0.05, 0.1) is 11.6 Å². The first kappa shape index (κ1) is 13.5. The number of hydrogen-bond donors (Lipinski definition) is 2. The van der Waals surface area contributed by atoms with Crippen molar-refractivity contribution in [3.8, 4) is 23.2 Å². The minimum atomic E-state index is -2.90. The number of alkyl halides is 3. The van der Waals surface area contributed by atoms with Crippen LogP contribution in [0.25, 0.3) is 5.69 Å². The second kappa shape index (κ2) is 5.36. The van der Waals surface area contributed by atoms with Crippen molar-refractivity contribution in [3.05, 3.63) is 35.9 Å². The first-order valence-corrected chi connectivity index (χ1v) is 5.80. The van der Waals surface area contributed by atoms with Crippen LogP contribution in [0.4, 0.5) is 8.78 Å². The quantitative estimate of drug-likeness (QED) is 0.850. The molecule has 2 rings (SSSR count). The van der Waals surface area contributed by atoms with Crippen molar-refractivity contribution >= 4 is 11.6 Å². The SMILES string of the molecule is Oc1cc(CCl)c(O)n1-c1ccc(OC(F)F)cc1. The molecule has 0 fully saturated rings. The van der Waals surface area contributed by atoms with Gasteiger partial charge in [-0.15, -0.1) is 11.6 Å². The monoisotopic (exact) mass is 289 g/mol. The average molecular weight is 290 g/mol. The number of ether oxygens (including phenoxy) is 1. The van der Waals surface area contributed by atoms with E-state index in [1.54, 1.807) is 0 Å². The average Bonchev–Trinajstić information content (AvgIpc) is 2.65. The number of halogens is 3. The summed E-state index contributed by atoms with van der Waals surface area (Å²) in [5.74, 6) is -0.368. The predicted octanol–water partition coefficient (Wildman–Crippen LogP) is 3.23. The molecule has 0 aliphatic rings. The maximum atomic E-state index is 12.0. The van der Waals surface area contributed by atoms with Crippen molar-refractivity contribution in [3.63, 3.8) is 0 Å². The summed E-state index contributed by atoms with van der Waals surface area (Å²) >= 11 is 5.60. The van der Waals surface area contributed by atoms with Gasteiger partial charge in [0.2, 0.25) is 5.88 Å². The molecule has 102 valence electrons. The Hall–Kier alpha value is -1.95. The highest BCUT2D eigenvalue weighted by Gasteiger charge is 2.14. The van der Waals surface area contributed by atoms with Crippen LogP contribution in [0.15, 0.2) is 30.3 Å². The maximum absolute atomic E-state index is 12.0. The van der Waals surface area contributed by atoms with Gasteiger partial charge < -0.3 is 14.9 Å². The molecule has 0 bridgehead atoms. The lowest BCUT2D eigenvalue weighted by atomic mass is 10.3. The Balaban J connectivity index is 2.34. The molecule has 0 radical (unpaired) electrons. The molecule has 19 heavy (non-hydrogen) atoms. The minimum Gasteiger partial charge on any atom is -0.494 e. The van der Waals surface area contributed by atoms with Crippen molar-refractivity contribution in [1.82, 2.24) is 4.57 Å². The maximum Gasteiger partial charge on any atom is 0.387 e. The smallest absolute Gasteiger partial charge is 0.387 e. The zero-order valence-corrected chi connectivity index (χ0v) is 10.3. The van der Waals surface area contributed by atoms with Gasteiger partial charge in [0.1, 0.15) is 5.75 Å². The van der Waals surface area contributed by atoms with E-state index in [-0.39, 0.29) is 23.4 Å². The topological polar surface area (TPSA) is 54.6 Å². The lowest BCUT2D eigenvalue weighted by molar-refractivity contribution is -0.0498. The van der Waals surface area contributed by atoms with Crippen LogP contribution in [-0.4, -0.2) is 21.4 Å². The molecular formula is C12H10ClF2NO3. The molecule has 0 unspecified atom stereocenters. The van der Waals surface area contributed by atoms with Gasteiger partial charge in [0.25, 0.3) is 0 Å². The number of hydrogen-bond acceptors (Lipinski definition) is 3. The van der Waals surface area contributed by atoms with E-state index in [2.05, 4.69) is 4.74 Å². The third-order valence-corrected chi connectivity index (χ3v) is 2.78. The van der Waals surface area contributed by atoms with Gasteiger partial charge >= 0.3 is 6.61 Å². The fraction of sp³-hybridized carbons (Fsp3) is 0.167. The lowest BCUT2D eigenvalue weighted by Crippen LogP contribution is -2.02. The fourth-order valence-corrected chi connectivity index (χ4v) is 1.86. The molecular weight excluding hydrogens is 280 g/mol. The number of aromatic hydroxyl groups is 2. The van der Waals surface area contributed by atoms with Gasteiger partial charge in [-0.05, 0) is 24.3 Å². The Labute approximate surface area is 112 Å². The van der Waals surface area contributed by atoms with Gasteiger partial charge in [-0.25, -0.2) is 0 Å². The Morgan fingerprint density at radius 3 is 2.32 bits per heavy atom. The van der Waals surface area contributed by atoms with E-state index >= 15 is 0 Å². The largest absolute Gasteiger partial charge is 0.494 e. The molecule has 0 atom stereocenters. The molecule has 0 saturated carbocycles. The zero-order valence-electron chi connectivity index (χ0n) is 9.55. The molecule has 4 nitrogen and oxygen atoms in total. The highest BCUT2D eigenvalue weighted by Crippen LogP contribution is 2.33. The highest BCUT2D eigenvalue weighted by atomic mass is 35.5. The van der Waals surface area contributed by atoms with Crippen molar-refractivity contribution in [2.75, 3.05) is 0 Å². The van der Waals surface area contributed by atoms with Gasteiger partial charge in [-0.3, -0.25) is 4.57 Å². The Kier molecular flexibility index (Phi) is 3.80. The highest BCUT2D eigenvalue weighted by molar-refractivity contribution is 6.17. The van der Waals surface area contributed by atoms with E-state index in [0.717, 1.165) is 4.57 Å². The van der Waals surface area contributed by atoms with Crippen LogP contribution in [0.1, 0.15) is 5.56 Å². The van der Waals surface area contributed by atoms with E-state index in [9.17, 15) is 19.0 Å². The zero-order chi connectivity index (χ0) is 14.0. The summed E-state index contributed by atoms with van der Waals surface area (Å²) in [6, 6.07) is 6.79. The number of aromatic nitrogens is 1. The normalized spacial score (nSPS) is 10.9. The Bertz CT molecular complexity index is 569. The summed E-state index contributed by atoms with van der Waals surface area (Å²) in [5, 5.41) is 19.5. The molecule has 0 aliphatic carbocycles. The number of benzene rings is 1. The lowest BCUT2D eigenvalue weighted by Gasteiger charge is -2.09. The Morgan fingerprint density at radius 1 is 1.21 bits per heavy atom. The van der Waals surface area contributed by atoms with Gasteiger partial charge in [-0.1, -0.05) is 0 Å².